The van der Waals surface area contributed by atoms with Gasteiger partial charge in [0.1, 0.15) is 29.3 Å². The molecule has 0 aliphatic rings. The Kier molecular flexibility index (Phi) is 7.39. The molecule has 0 amide bonds. The van der Waals surface area contributed by atoms with Gasteiger partial charge in [0.25, 0.3) is 0 Å². The van der Waals surface area contributed by atoms with Crippen LogP contribution in [0.4, 0.5) is 0 Å². The predicted molar refractivity (Wildman–Crippen MR) is 85.6 cm³/mol. The first-order valence-electron chi connectivity index (χ1n) is 7.57. The Morgan fingerprint density at radius 3 is 2.57 bits per heavy atom. The molecular weight excluding hydrogens is 318 g/mol. The second-order valence-corrected chi connectivity index (χ2v) is 5.06. The Labute approximate surface area is 142 Å². The first-order valence-corrected chi connectivity index (χ1v) is 7.57. The maximum atomic E-state index is 12.4. The summed E-state index contributed by atoms with van der Waals surface area (Å²) in [5, 5.41) is 0.727. The highest BCUT2D eigenvalue weighted by atomic mass is 35.5. The lowest BCUT2D eigenvalue weighted by Gasteiger charge is -2.17. The number of fused-ring (bicyclic) bond motifs is 1. The molecule has 0 radical (unpaired) electrons. The molecule has 0 N–H and O–H groups in total. The fourth-order valence-electron chi connectivity index (χ4n) is 2.46. The Morgan fingerprint density at radius 1 is 1.26 bits per heavy atom. The molecule has 2 aromatic rings. The average molecular weight is 341 g/mol. The highest BCUT2D eigenvalue weighted by molar-refractivity contribution is 6.04. The van der Waals surface area contributed by atoms with Crippen molar-refractivity contribution < 1.29 is 31.1 Å². The molecule has 0 aliphatic heterocycles. The molecule has 0 aliphatic carbocycles. The molecule has 1 aromatic heterocycles. The van der Waals surface area contributed by atoms with E-state index in [1.54, 1.807) is 32.2 Å². The standard InChI is InChI=1S/C17H23NO4.ClH/c1-5-18(6-2)9-10-21-17(19)16-12(3)22-15-8-7-13(20-4)11-14(15)16;/h7-8,11H,5-6,9-10H2,1-4H3;1H/p-1. The number of hydrogen-bond donors (Lipinski definition) is 0. The van der Waals surface area contributed by atoms with Crippen molar-refractivity contribution in [3.63, 3.8) is 0 Å². The first-order chi connectivity index (χ1) is 10.6. The number of carbonyl (C=O) groups excluding carboxylic acids is 1. The number of benzene rings is 1. The van der Waals surface area contributed by atoms with Gasteiger partial charge in [-0.05, 0) is 38.2 Å². The molecular formula is C17H23ClNO4-. The minimum Gasteiger partial charge on any atom is -1.00 e. The summed E-state index contributed by atoms with van der Waals surface area (Å²) in [6, 6.07) is 5.40. The highest BCUT2D eigenvalue weighted by Gasteiger charge is 2.20. The molecule has 6 heteroatoms. The zero-order valence-electron chi connectivity index (χ0n) is 14.0. The Balaban J connectivity index is 0.00000264. The number of hydrogen-bond acceptors (Lipinski definition) is 5. The molecule has 0 atom stereocenters. The summed E-state index contributed by atoms with van der Waals surface area (Å²) < 4.78 is 16.2. The third kappa shape index (κ3) is 4.39. The summed E-state index contributed by atoms with van der Waals surface area (Å²) in [5.74, 6) is 0.901. The Hall–Kier alpha value is -1.72. The fourth-order valence-corrected chi connectivity index (χ4v) is 2.46. The van der Waals surface area contributed by atoms with E-state index in [9.17, 15) is 4.79 Å². The van der Waals surface area contributed by atoms with Gasteiger partial charge in [0.2, 0.25) is 0 Å². The van der Waals surface area contributed by atoms with Crippen LogP contribution in [0.1, 0.15) is 30.0 Å². The largest absolute Gasteiger partial charge is 1.00 e. The monoisotopic (exact) mass is 340 g/mol. The van der Waals surface area contributed by atoms with Crippen LogP contribution in [-0.4, -0.2) is 44.2 Å². The molecule has 0 spiro atoms. The minimum atomic E-state index is -0.350. The summed E-state index contributed by atoms with van der Waals surface area (Å²) in [4.78, 5) is 14.6. The summed E-state index contributed by atoms with van der Waals surface area (Å²) >= 11 is 0. The molecule has 1 aromatic carbocycles. The van der Waals surface area contributed by atoms with Crippen LogP contribution in [0.15, 0.2) is 22.6 Å². The zero-order chi connectivity index (χ0) is 16.1. The van der Waals surface area contributed by atoms with Gasteiger partial charge in [-0.3, -0.25) is 0 Å². The number of esters is 1. The second kappa shape index (κ2) is 8.79. The molecule has 5 nitrogen and oxygen atoms in total. The number of rotatable bonds is 7. The number of halogens is 1. The quantitative estimate of drug-likeness (QED) is 0.676. The molecule has 128 valence electrons. The lowest BCUT2D eigenvalue weighted by molar-refractivity contribution is -0.0000252. The third-order valence-electron chi connectivity index (χ3n) is 3.81. The smallest absolute Gasteiger partial charge is 0.342 e. The topological polar surface area (TPSA) is 51.9 Å². The second-order valence-electron chi connectivity index (χ2n) is 5.06. The van der Waals surface area contributed by atoms with Gasteiger partial charge in [0.05, 0.1) is 7.11 Å². The van der Waals surface area contributed by atoms with E-state index in [0.29, 0.717) is 29.3 Å². The molecule has 0 unspecified atom stereocenters. The predicted octanol–water partition coefficient (Wildman–Crippen LogP) is 0.252. The Morgan fingerprint density at radius 2 is 1.96 bits per heavy atom. The van der Waals surface area contributed by atoms with E-state index in [0.717, 1.165) is 25.0 Å². The van der Waals surface area contributed by atoms with Crippen molar-refractivity contribution in [1.82, 2.24) is 4.90 Å². The van der Waals surface area contributed by atoms with Crippen molar-refractivity contribution in [2.24, 2.45) is 0 Å². The molecule has 1 heterocycles. The van der Waals surface area contributed by atoms with Crippen molar-refractivity contribution in [2.45, 2.75) is 20.8 Å². The molecule has 23 heavy (non-hydrogen) atoms. The Bertz CT molecular complexity index is 649. The van der Waals surface area contributed by atoms with E-state index >= 15 is 0 Å². The maximum Gasteiger partial charge on any atom is 0.342 e. The average Bonchev–Trinajstić information content (AvgIpc) is 2.86. The van der Waals surface area contributed by atoms with Gasteiger partial charge in [-0.2, -0.15) is 0 Å². The third-order valence-corrected chi connectivity index (χ3v) is 3.81. The van der Waals surface area contributed by atoms with Crippen molar-refractivity contribution >= 4 is 16.9 Å². The summed E-state index contributed by atoms with van der Waals surface area (Å²) in [6.07, 6.45) is 0. The van der Waals surface area contributed by atoms with Gasteiger partial charge in [-0.25, -0.2) is 4.79 Å². The lowest BCUT2D eigenvalue weighted by Crippen LogP contribution is -3.00. The molecule has 0 bridgehead atoms. The van der Waals surface area contributed by atoms with Crippen LogP contribution in [0.3, 0.4) is 0 Å². The van der Waals surface area contributed by atoms with Crippen LogP contribution in [0.5, 0.6) is 5.75 Å². The number of nitrogens with zero attached hydrogens (tertiary/aromatic N) is 1. The van der Waals surface area contributed by atoms with Gasteiger partial charge in [0, 0.05) is 11.9 Å². The van der Waals surface area contributed by atoms with Crippen LogP contribution in [-0.2, 0) is 4.74 Å². The number of ether oxygens (including phenoxy) is 2. The van der Waals surface area contributed by atoms with Gasteiger partial charge in [0.15, 0.2) is 0 Å². The SMILES string of the molecule is CCN(CC)CCOC(=O)c1c(C)oc2ccc(OC)cc12.[Cl-]. The van der Waals surface area contributed by atoms with E-state index in [2.05, 4.69) is 18.7 Å². The molecule has 0 saturated heterocycles. The highest BCUT2D eigenvalue weighted by Crippen LogP contribution is 2.29. The van der Waals surface area contributed by atoms with Gasteiger partial charge in [-0.15, -0.1) is 0 Å². The van der Waals surface area contributed by atoms with Crippen LogP contribution in [0, 0.1) is 6.92 Å². The zero-order valence-corrected chi connectivity index (χ0v) is 14.8. The van der Waals surface area contributed by atoms with Gasteiger partial charge >= 0.3 is 5.97 Å². The minimum absolute atomic E-state index is 0. The van der Waals surface area contributed by atoms with E-state index in [1.165, 1.54) is 0 Å². The molecule has 0 saturated carbocycles. The summed E-state index contributed by atoms with van der Waals surface area (Å²) in [6.45, 7) is 8.94. The van der Waals surface area contributed by atoms with E-state index in [4.69, 9.17) is 13.9 Å². The normalized spacial score (nSPS) is 10.7. The van der Waals surface area contributed by atoms with Crippen molar-refractivity contribution in [2.75, 3.05) is 33.4 Å². The number of likely N-dealkylation sites (N-methyl/N-ethyl adjacent to an activating group) is 1. The van der Waals surface area contributed by atoms with Gasteiger partial charge in [-0.1, -0.05) is 13.8 Å². The van der Waals surface area contributed by atoms with E-state index in [1.807, 2.05) is 0 Å². The molecule has 2 rings (SSSR count). The number of furan rings is 1. The van der Waals surface area contributed by atoms with Crippen LogP contribution < -0.4 is 17.1 Å². The number of carbonyl (C=O) groups is 1. The van der Waals surface area contributed by atoms with Crippen LogP contribution in [0.2, 0.25) is 0 Å². The number of methoxy groups -OCH3 is 1. The van der Waals surface area contributed by atoms with Crippen LogP contribution in [0.25, 0.3) is 11.0 Å². The van der Waals surface area contributed by atoms with Gasteiger partial charge < -0.3 is 31.2 Å². The van der Waals surface area contributed by atoms with Crippen LogP contribution >= 0.6 is 0 Å². The first kappa shape index (κ1) is 19.3. The van der Waals surface area contributed by atoms with Crippen molar-refractivity contribution in [1.29, 1.82) is 0 Å². The lowest BCUT2D eigenvalue weighted by atomic mass is 10.1. The fraction of sp³-hybridized carbons (Fsp3) is 0.471. The number of aryl methyl sites for hydroxylation is 1. The summed E-state index contributed by atoms with van der Waals surface area (Å²) in [7, 11) is 1.59. The van der Waals surface area contributed by atoms with Crippen molar-refractivity contribution in [3.05, 3.63) is 29.5 Å². The van der Waals surface area contributed by atoms with E-state index < -0.39 is 0 Å². The van der Waals surface area contributed by atoms with E-state index in [-0.39, 0.29) is 18.4 Å². The summed E-state index contributed by atoms with van der Waals surface area (Å²) in [5.41, 5.74) is 1.14. The van der Waals surface area contributed by atoms with Crippen molar-refractivity contribution in [3.8, 4) is 5.75 Å². The maximum absolute atomic E-state index is 12.4. The molecule has 0 fully saturated rings.